The van der Waals surface area contributed by atoms with Crippen LogP contribution in [0, 0.1) is 6.92 Å². The molecule has 0 unspecified atom stereocenters. The number of methoxy groups -OCH3 is 1. The van der Waals surface area contributed by atoms with E-state index in [2.05, 4.69) is 10.3 Å². The number of carbonyl (C=O) groups is 1. The number of nitrogens with two attached hydrogens (primary N) is 1. The molecule has 0 spiro atoms. The number of benzene rings is 1. The van der Waals surface area contributed by atoms with Crippen molar-refractivity contribution in [3.05, 3.63) is 23.9 Å². The Kier molecular flexibility index (Phi) is 5.58. The third-order valence-electron chi connectivity index (χ3n) is 3.25. The number of anilines is 1. The lowest BCUT2D eigenvalue weighted by molar-refractivity contribution is -0.116. The molecule has 1 heterocycles. The molecule has 0 saturated heterocycles. The van der Waals surface area contributed by atoms with Gasteiger partial charge in [0.2, 0.25) is 15.9 Å². The summed E-state index contributed by atoms with van der Waals surface area (Å²) in [5.41, 5.74) is 1.34. The van der Waals surface area contributed by atoms with Gasteiger partial charge in [-0.25, -0.2) is 18.5 Å². The summed E-state index contributed by atoms with van der Waals surface area (Å²) in [6.07, 6.45) is 1.17. The molecule has 1 aromatic heterocycles. The molecule has 0 aliphatic carbocycles. The number of primary sulfonamides is 1. The molecule has 0 aliphatic heterocycles. The summed E-state index contributed by atoms with van der Waals surface area (Å²) < 4.78 is 28.5. The Labute approximate surface area is 144 Å². The summed E-state index contributed by atoms with van der Waals surface area (Å²) in [5, 5.41) is 8.47. The number of hydrogen-bond acceptors (Lipinski definition) is 6. The highest BCUT2D eigenvalue weighted by atomic mass is 32.2. The minimum atomic E-state index is -3.92. The van der Waals surface area contributed by atoms with Crippen LogP contribution in [0.4, 0.5) is 5.13 Å². The van der Waals surface area contributed by atoms with Gasteiger partial charge in [-0.1, -0.05) is 18.3 Å². The van der Waals surface area contributed by atoms with Gasteiger partial charge in [-0.3, -0.25) is 4.79 Å². The minimum Gasteiger partial charge on any atom is -0.495 e. The Morgan fingerprint density at radius 2 is 2.12 bits per heavy atom. The van der Waals surface area contributed by atoms with Crippen molar-refractivity contribution in [2.45, 2.75) is 31.6 Å². The molecule has 0 radical (unpaired) electrons. The van der Waals surface area contributed by atoms with Gasteiger partial charge in [0.05, 0.1) is 17.7 Å². The van der Waals surface area contributed by atoms with Gasteiger partial charge in [0.25, 0.3) is 0 Å². The average molecular weight is 369 g/mol. The van der Waals surface area contributed by atoms with Crippen molar-refractivity contribution in [3.63, 3.8) is 0 Å². The van der Waals surface area contributed by atoms with E-state index in [1.54, 1.807) is 19.1 Å². The van der Waals surface area contributed by atoms with Gasteiger partial charge in [0.1, 0.15) is 10.6 Å². The van der Waals surface area contributed by atoms with Crippen molar-refractivity contribution in [1.82, 2.24) is 4.98 Å². The first-order valence-electron chi connectivity index (χ1n) is 7.24. The number of aryl methyl sites for hydroxylation is 1. The molecule has 1 amide bonds. The Morgan fingerprint density at radius 1 is 1.42 bits per heavy atom. The van der Waals surface area contributed by atoms with Gasteiger partial charge in [-0.05, 0) is 37.1 Å². The number of amides is 1. The number of thiazole rings is 1. The third-order valence-corrected chi connectivity index (χ3v) is 5.31. The molecule has 9 heteroatoms. The lowest BCUT2D eigenvalue weighted by Gasteiger charge is -2.08. The third kappa shape index (κ3) is 4.11. The van der Waals surface area contributed by atoms with Gasteiger partial charge < -0.3 is 10.1 Å². The summed E-state index contributed by atoms with van der Waals surface area (Å²) in [6, 6.07) is 4.72. The number of ether oxygens (including phenoxy) is 1. The number of rotatable bonds is 6. The fraction of sp³-hybridized carbons (Fsp3) is 0.333. The summed E-state index contributed by atoms with van der Waals surface area (Å²) in [5.74, 6) is 0.0812. The standard InChI is InChI=1S/C15H19N3O4S2/c1-4-5-13(19)18-15-17-9(2)14(23-15)10-6-7-11(22-3)12(8-10)24(16,20)21/h6-8H,4-5H2,1-3H3,(H2,16,20,21)(H,17,18,19). The highest BCUT2D eigenvalue weighted by Gasteiger charge is 2.18. The van der Waals surface area contributed by atoms with Crippen LogP contribution in [0.3, 0.4) is 0 Å². The lowest BCUT2D eigenvalue weighted by Crippen LogP contribution is -2.13. The van der Waals surface area contributed by atoms with Crippen LogP contribution >= 0.6 is 11.3 Å². The van der Waals surface area contributed by atoms with Gasteiger partial charge in [0, 0.05) is 6.42 Å². The van der Waals surface area contributed by atoms with Crippen LogP contribution in [-0.2, 0) is 14.8 Å². The largest absolute Gasteiger partial charge is 0.495 e. The highest BCUT2D eigenvalue weighted by molar-refractivity contribution is 7.89. The molecule has 2 aromatic rings. The average Bonchev–Trinajstić information content (AvgIpc) is 2.86. The number of hydrogen-bond donors (Lipinski definition) is 2. The number of nitrogens with zero attached hydrogens (tertiary/aromatic N) is 1. The van der Waals surface area contributed by atoms with Gasteiger partial charge >= 0.3 is 0 Å². The highest BCUT2D eigenvalue weighted by Crippen LogP contribution is 2.36. The number of nitrogens with one attached hydrogen (secondary N) is 1. The number of carbonyl (C=O) groups excluding carboxylic acids is 1. The first-order valence-corrected chi connectivity index (χ1v) is 9.61. The van der Waals surface area contributed by atoms with E-state index in [0.717, 1.165) is 11.3 Å². The molecular weight excluding hydrogens is 350 g/mol. The van der Waals surface area contributed by atoms with E-state index in [4.69, 9.17) is 9.88 Å². The lowest BCUT2D eigenvalue weighted by atomic mass is 10.1. The SMILES string of the molecule is CCCC(=O)Nc1nc(C)c(-c2ccc(OC)c(S(N)(=O)=O)c2)s1. The van der Waals surface area contributed by atoms with Crippen LogP contribution < -0.4 is 15.2 Å². The van der Waals surface area contributed by atoms with E-state index < -0.39 is 10.0 Å². The monoisotopic (exact) mass is 369 g/mol. The second kappa shape index (κ2) is 7.29. The van der Waals surface area contributed by atoms with Crippen LogP contribution in [0.25, 0.3) is 10.4 Å². The minimum absolute atomic E-state index is 0.0909. The maximum atomic E-state index is 11.7. The quantitative estimate of drug-likeness (QED) is 0.812. The Balaban J connectivity index is 2.42. The van der Waals surface area contributed by atoms with Crippen molar-refractivity contribution < 1.29 is 17.9 Å². The molecule has 24 heavy (non-hydrogen) atoms. The fourth-order valence-corrected chi connectivity index (χ4v) is 3.87. The summed E-state index contributed by atoms with van der Waals surface area (Å²) >= 11 is 1.28. The van der Waals surface area contributed by atoms with Crippen LogP contribution in [0.15, 0.2) is 23.1 Å². The smallest absolute Gasteiger partial charge is 0.241 e. The molecule has 7 nitrogen and oxygen atoms in total. The normalized spacial score (nSPS) is 11.3. The predicted molar refractivity (Wildman–Crippen MR) is 93.7 cm³/mol. The molecule has 1 aromatic carbocycles. The molecule has 130 valence electrons. The molecule has 3 N–H and O–H groups in total. The van der Waals surface area contributed by atoms with E-state index in [0.29, 0.717) is 22.8 Å². The zero-order chi connectivity index (χ0) is 17.9. The first kappa shape index (κ1) is 18.4. The summed E-state index contributed by atoms with van der Waals surface area (Å²) in [4.78, 5) is 16.7. The zero-order valence-corrected chi connectivity index (χ0v) is 15.3. The Bertz CT molecular complexity index is 860. The Morgan fingerprint density at radius 3 is 2.71 bits per heavy atom. The summed E-state index contributed by atoms with van der Waals surface area (Å²) in [7, 11) is -2.54. The van der Waals surface area contributed by atoms with E-state index in [1.165, 1.54) is 24.5 Å². The van der Waals surface area contributed by atoms with Crippen molar-refractivity contribution in [3.8, 4) is 16.2 Å². The van der Waals surface area contributed by atoms with Crippen molar-refractivity contribution in [2.24, 2.45) is 5.14 Å². The number of sulfonamides is 1. The second-order valence-corrected chi connectivity index (χ2v) is 7.67. The molecule has 0 saturated carbocycles. The van der Waals surface area contributed by atoms with Gasteiger partial charge in [-0.2, -0.15) is 0 Å². The van der Waals surface area contributed by atoms with Crippen LogP contribution in [-0.4, -0.2) is 26.4 Å². The van der Waals surface area contributed by atoms with Crippen molar-refractivity contribution in [2.75, 3.05) is 12.4 Å². The van der Waals surface area contributed by atoms with Gasteiger partial charge in [-0.15, -0.1) is 0 Å². The molecule has 0 atom stereocenters. The van der Waals surface area contributed by atoms with E-state index in [1.807, 2.05) is 6.92 Å². The topological polar surface area (TPSA) is 111 Å². The predicted octanol–water partition coefficient (Wildman–Crippen LogP) is 2.51. The van der Waals surface area contributed by atoms with Crippen LogP contribution in [0.1, 0.15) is 25.5 Å². The summed E-state index contributed by atoms with van der Waals surface area (Å²) in [6.45, 7) is 3.71. The fourth-order valence-electron chi connectivity index (χ4n) is 2.17. The van der Waals surface area contributed by atoms with E-state index >= 15 is 0 Å². The maximum Gasteiger partial charge on any atom is 0.241 e. The molecule has 0 fully saturated rings. The first-order chi connectivity index (χ1) is 11.3. The molecule has 2 rings (SSSR count). The van der Waals surface area contributed by atoms with Crippen LogP contribution in [0.2, 0.25) is 0 Å². The van der Waals surface area contributed by atoms with Gasteiger partial charge in [0.15, 0.2) is 5.13 Å². The van der Waals surface area contributed by atoms with E-state index in [-0.39, 0.29) is 16.6 Å². The van der Waals surface area contributed by atoms with Crippen molar-refractivity contribution >= 4 is 32.4 Å². The van der Waals surface area contributed by atoms with E-state index in [9.17, 15) is 13.2 Å². The van der Waals surface area contributed by atoms with Crippen molar-refractivity contribution in [1.29, 1.82) is 0 Å². The second-order valence-electron chi connectivity index (χ2n) is 5.14. The molecule has 0 bridgehead atoms. The Hall–Kier alpha value is -1.97. The maximum absolute atomic E-state index is 11.7. The molecule has 0 aliphatic rings. The zero-order valence-electron chi connectivity index (χ0n) is 13.6. The number of aromatic nitrogens is 1. The molecular formula is C15H19N3O4S2. The van der Waals surface area contributed by atoms with Crippen LogP contribution in [0.5, 0.6) is 5.75 Å².